The molecule has 0 unspecified atom stereocenters. The van der Waals surface area contributed by atoms with Gasteiger partial charge >= 0.3 is 0 Å². The standard InChI is InChI=1S/C39H37N3O5/c1-39(2,42(21-25-11-7-5-8-12-25)22-26-13-9-6-10-14-26)23-41-38(43)28-15-16-31-37-34(47-24-46-31)19-30-35(36(28)37)29-18-33(45-4)32(44-3)17-27(29)20-40-30/h5-20H,21-24H2,1-4H3,(H,41,43). The molecule has 0 atom stereocenters. The van der Waals surface area contributed by atoms with Crippen molar-refractivity contribution in [3.8, 4) is 23.0 Å². The third kappa shape index (κ3) is 5.77. The molecule has 1 N–H and O–H groups in total. The number of benzene rings is 5. The topological polar surface area (TPSA) is 82.2 Å². The second kappa shape index (κ2) is 12.5. The molecular formula is C39H37N3O5. The third-order valence-corrected chi connectivity index (χ3v) is 9.00. The molecule has 7 rings (SSSR count). The maximum atomic E-state index is 14.3. The summed E-state index contributed by atoms with van der Waals surface area (Å²) in [4.78, 5) is 21.5. The highest BCUT2D eigenvalue weighted by molar-refractivity contribution is 6.27. The number of amides is 1. The number of hydrogen-bond donors (Lipinski definition) is 1. The lowest BCUT2D eigenvalue weighted by molar-refractivity contribution is 0.0818. The van der Waals surface area contributed by atoms with Crippen molar-refractivity contribution in [2.24, 2.45) is 0 Å². The number of carbonyl (C=O) groups is 1. The van der Waals surface area contributed by atoms with Crippen molar-refractivity contribution in [1.82, 2.24) is 15.2 Å². The van der Waals surface area contributed by atoms with Crippen molar-refractivity contribution in [2.45, 2.75) is 32.5 Å². The zero-order chi connectivity index (χ0) is 32.5. The van der Waals surface area contributed by atoms with Gasteiger partial charge in [0, 0.05) is 59.2 Å². The number of aromatic nitrogens is 1. The highest BCUT2D eigenvalue weighted by Crippen LogP contribution is 2.46. The molecule has 6 aromatic rings. The number of ether oxygens (including phenoxy) is 4. The molecule has 8 nitrogen and oxygen atoms in total. The van der Waals surface area contributed by atoms with Crippen molar-refractivity contribution in [1.29, 1.82) is 0 Å². The first-order valence-electron chi connectivity index (χ1n) is 15.7. The van der Waals surface area contributed by atoms with E-state index in [9.17, 15) is 4.79 Å². The Morgan fingerprint density at radius 3 is 2.11 bits per heavy atom. The summed E-state index contributed by atoms with van der Waals surface area (Å²) in [6.07, 6.45) is 1.80. The summed E-state index contributed by atoms with van der Waals surface area (Å²) in [7, 11) is 3.22. The Kier molecular flexibility index (Phi) is 8.03. The maximum Gasteiger partial charge on any atom is 0.252 e. The summed E-state index contributed by atoms with van der Waals surface area (Å²) in [5.41, 5.74) is 3.26. The van der Waals surface area contributed by atoms with Crippen molar-refractivity contribution >= 4 is 38.4 Å². The van der Waals surface area contributed by atoms with E-state index in [2.05, 4.69) is 72.6 Å². The molecule has 2 heterocycles. The Morgan fingerprint density at radius 2 is 1.45 bits per heavy atom. The number of carbonyl (C=O) groups excluding carboxylic acids is 1. The number of methoxy groups -OCH3 is 2. The number of nitrogens with zero attached hydrogens (tertiary/aromatic N) is 2. The zero-order valence-electron chi connectivity index (χ0n) is 27.0. The first-order valence-corrected chi connectivity index (χ1v) is 15.7. The van der Waals surface area contributed by atoms with Gasteiger partial charge in [0.05, 0.1) is 25.1 Å². The maximum absolute atomic E-state index is 14.3. The van der Waals surface area contributed by atoms with E-state index in [-0.39, 0.29) is 18.2 Å². The van der Waals surface area contributed by atoms with E-state index in [1.807, 2.05) is 42.5 Å². The van der Waals surface area contributed by atoms with Gasteiger partial charge in [-0.05, 0) is 54.6 Å². The minimum atomic E-state index is -0.389. The van der Waals surface area contributed by atoms with E-state index >= 15 is 0 Å². The molecule has 1 amide bonds. The molecular weight excluding hydrogens is 590 g/mol. The molecule has 1 aliphatic rings. The van der Waals surface area contributed by atoms with E-state index < -0.39 is 0 Å². The molecule has 0 bridgehead atoms. The van der Waals surface area contributed by atoms with Crippen molar-refractivity contribution in [2.75, 3.05) is 27.6 Å². The molecule has 0 aliphatic carbocycles. The second-order valence-electron chi connectivity index (χ2n) is 12.4. The smallest absolute Gasteiger partial charge is 0.252 e. The lowest BCUT2D eigenvalue weighted by Crippen LogP contribution is -2.51. The van der Waals surface area contributed by atoms with Crippen LogP contribution in [0.4, 0.5) is 0 Å². The van der Waals surface area contributed by atoms with Crippen LogP contribution in [0.15, 0.2) is 97.2 Å². The molecule has 0 radical (unpaired) electrons. The normalized spacial score (nSPS) is 12.6. The summed E-state index contributed by atoms with van der Waals surface area (Å²) in [5, 5.41) is 7.31. The highest BCUT2D eigenvalue weighted by Gasteiger charge is 2.29. The van der Waals surface area contributed by atoms with E-state index in [4.69, 9.17) is 23.9 Å². The van der Waals surface area contributed by atoms with Gasteiger partial charge in [0.25, 0.3) is 5.91 Å². The monoisotopic (exact) mass is 627 g/mol. The minimum absolute atomic E-state index is 0.0879. The SMILES string of the molecule is COc1cc2cnc3cc4c5c(ccc(C(=O)NCC(C)(C)N(Cc6ccccc6)Cc6ccccc6)c5c3c2cc1OC)OCO4. The van der Waals surface area contributed by atoms with E-state index in [1.165, 1.54) is 11.1 Å². The average molecular weight is 628 g/mol. The highest BCUT2D eigenvalue weighted by atomic mass is 16.7. The van der Waals surface area contributed by atoms with Crippen LogP contribution in [0.25, 0.3) is 32.4 Å². The Morgan fingerprint density at radius 1 is 0.809 bits per heavy atom. The van der Waals surface area contributed by atoms with Crippen LogP contribution in [0.1, 0.15) is 35.3 Å². The lowest BCUT2D eigenvalue weighted by Gasteiger charge is -2.39. The van der Waals surface area contributed by atoms with Gasteiger partial charge in [-0.15, -0.1) is 0 Å². The molecule has 5 aromatic carbocycles. The van der Waals surface area contributed by atoms with Gasteiger partial charge in [0.15, 0.2) is 11.5 Å². The van der Waals surface area contributed by atoms with Gasteiger partial charge in [-0.25, -0.2) is 0 Å². The second-order valence-corrected chi connectivity index (χ2v) is 12.4. The quantitative estimate of drug-likeness (QED) is 0.158. The first-order chi connectivity index (χ1) is 22.9. The first kappa shape index (κ1) is 30.3. The zero-order valence-corrected chi connectivity index (χ0v) is 27.0. The summed E-state index contributed by atoms with van der Waals surface area (Å²) in [5.74, 6) is 2.30. The van der Waals surface area contributed by atoms with Crippen LogP contribution in [-0.4, -0.2) is 48.9 Å². The van der Waals surface area contributed by atoms with Gasteiger partial charge in [-0.1, -0.05) is 60.7 Å². The Labute approximate surface area is 273 Å². The number of fused-ring (bicyclic) bond motifs is 4. The van der Waals surface area contributed by atoms with Crippen LogP contribution < -0.4 is 24.3 Å². The summed E-state index contributed by atoms with van der Waals surface area (Å²) >= 11 is 0. The third-order valence-electron chi connectivity index (χ3n) is 9.00. The van der Waals surface area contributed by atoms with Gasteiger partial charge in [0.2, 0.25) is 6.79 Å². The van der Waals surface area contributed by atoms with Crippen LogP contribution in [-0.2, 0) is 13.1 Å². The molecule has 0 saturated heterocycles. The molecule has 0 saturated carbocycles. The number of nitrogens with one attached hydrogen (secondary N) is 1. The Bertz CT molecular complexity index is 2060. The summed E-state index contributed by atoms with van der Waals surface area (Å²) in [6.45, 7) is 6.33. The summed E-state index contributed by atoms with van der Waals surface area (Å²) in [6, 6.07) is 30.3. The van der Waals surface area contributed by atoms with Crippen molar-refractivity contribution in [3.63, 3.8) is 0 Å². The number of rotatable bonds is 10. The molecule has 0 spiro atoms. The molecule has 47 heavy (non-hydrogen) atoms. The lowest BCUT2D eigenvalue weighted by atomic mass is 9.93. The number of hydrogen-bond acceptors (Lipinski definition) is 7. The largest absolute Gasteiger partial charge is 0.493 e. The Balaban J connectivity index is 1.30. The minimum Gasteiger partial charge on any atom is -0.493 e. The van der Waals surface area contributed by atoms with Gasteiger partial charge in [0.1, 0.15) is 11.5 Å². The number of pyridine rings is 1. The van der Waals surface area contributed by atoms with Crippen molar-refractivity contribution in [3.05, 3.63) is 114 Å². The van der Waals surface area contributed by atoms with E-state index in [1.54, 1.807) is 20.4 Å². The van der Waals surface area contributed by atoms with Crippen LogP contribution >= 0.6 is 0 Å². The predicted molar refractivity (Wildman–Crippen MR) is 185 cm³/mol. The molecule has 8 heteroatoms. The van der Waals surface area contributed by atoms with Gasteiger partial charge in [-0.3, -0.25) is 14.7 Å². The van der Waals surface area contributed by atoms with Crippen LogP contribution in [0.3, 0.4) is 0 Å². The van der Waals surface area contributed by atoms with Gasteiger partial charge < -0.3 is 24.3 Å². The molecule has 238 valence electrons. The van der Waals surface area contributed by atoms with Crippen LogP contribution in [0.2, 0.25) is 0 Å². The van der Waals surface area contributed by atoms with E-state index in [0.29, 0.717) is 40.6 Å². The molecule has 1 aromatic heterocycles. The van der Waals surface area contributed by atoms with E-state index in [0.717, 1.165) is 40.0 Å². The van der Waals surface area contributed by atoms with Crippen LogP contribution in [0, 0.1) is 0 Å². The fraction of sp³-hybridized carbons (Fsp3) is 0.231. The fourth-order valence-electron chi connectivity index (χ4n) is 6.39. The fourth-order valence-corrected chi connectivity index (χ4v) is 6.39. The summed E-state index contributed by atoms with van der Waals surface area (Å²) < 4.78 is 23.1. The van der Waals surface area contributed by atoms with Gasteiger partial charge in [-0.2, -0.15) is 0 Å². The predicted octanol–water partition coefficient (Wildman–Crippen LogP) is 7.50. The molecule has 0 fully saturated rings. The average Bonchev–Trinajstić information content (AvgIpc) is 3.10. The molecule has 1 aliphatic heterocycles. The van der Waals surface area contributed by atoms with Crippen molar-refractivity contribution < 1.29 is 23.7 Å². The van der Waals surface area contributed by atoms with Crippen LogP contribution in [0.5, 0.6) is 23.0 Å². The Hall–Kier alpha value is -5.34.